The van der Waals surface area contributed by atoms with Crippen LogP contribution in [0.25, 0.3) is 0 Å². The van der Waals surface area contributed by atoms with Crippen molar-refractivity contribution in [1.82, 2.24) is 0 Å². The summed E-state index contributed by atoms with van der Waals surface area (Å²) in [7, 11) is -2.38. The van der Waals surface area contributed by atoms with E-state index >= 15 is 0 Å². The summed E-state index contributed by atoms with van der Waals surface area (Å²) >= 11 is 0. The lowest BCUT2D eigenvalue weighted by Crippen LogP contribution is -2.54. The molecule has 0 aromatic carbocycles. The van der Waals surface area contributed by atoms with E-state index in [0.717, 1.165) is 22.5 Å². The van der Waals surface area contributed by atoms with Gasteiger partial charge in [0.05, 0.1) is 16.1 Å². The van der Waals surface area contributed by atoms with Crippen LogP contribution in [0.4, 0.5) is 0 Å². The molecule has 2 aliphatic carbocycles. The molecular weight excluding hydrogens is 284 g/mol. The average Bonchev–Trinajstić information content (AvgIpc) is 3.05. The van der Waals surface area contributed by atoms with Gasteiger partial charge in [0.25, 0.3) is 0 Å². The molecule has 0 N–H and O–H groups in total. The minimum Gasteiger partial charge on any atom is -0.0805 e. The van der Waals surface area contributed by atoms with Gasteiger partial charge in [0.15, 0.2) is 0 Å². The van der Waals surface area contributed by atoms with E-state index in [1.54, 1.807) is 12.8 Å². The second-order valence-corrected chi connectivity index (χ2v) is 18.7. The van der Waals surface area contributed by atoms with Crippen LogP contribution in [0.3, 0.4) is 0 Å². The Morgan fingerprint density at radius 3 is 2.57 bits per heavy atom. The summed E-state index contributed by atoms with van der Waals surface area (Å²) in [5.41, 5.74) is 3.13. The number of rotatable bonds is 4. The van der Waals surface area contributed by atoms with Crippen LogP contribution < -0.4 is 0 Å². The highest BCUT2D eigenvalue weighted by Crippen LogP contribution is 2.66. The highest BCUT2D eigenvalue weighted by atomic mass is 28.3. The van der Waals surface area contributed by atoms with Gasteiger partial charge < -0.3 is 0 Å². The molecule has 1 heterocycles. The van der Waals surface area contributed by atoms with Gasteiger partial charge in [-0.3, -0.25) is 0 Å². The fourth-order valence-electron chi connectivity index (χ4n) is 6.15. The number of unbranched alkanes of at least 4 members (excludes halogenated alkanes) is 2. The van der Waals surface area contributed by atoms with E-state index in [-0.39, 0.29) is 0 Å². The van der Waals surface area contributed by atoms with Gasteiger partial charge in [-0.15, -0.1) is 0 Å². The molecule has 1 saturated carbocycles. The third-order valence-corrected chi connectivity index (χ3v) is 17.0. The zero-order valence-corrected chi connectivity index (χ0v) is 16.8. The molecule has 0 amide bonds. The Hall–Kier alpha value is -0.0862. The van der Waals surface area contributed by atoms with Gasteiger partial charge in [0.2, 0.25) is 0 Å². The highest BCUT2D eigenvalue weighted by molar-refractivity contribution is 6.95. The van der Waals surface area contributed by atoms with Crippen LogP contribution >= 0.6 is 0 Å². The number of allylic oxidation sites excluding steroid dienone is 4. The van der Waals surface area contributed by atoms with E-state index in [9.17, 15) is 0 Å². The van der Waals surface area contributed by atoms with E-state index in [0.29, 0.717) is 0 Å². The normalized spacial score (nSPS) is 39.0. The first-order valence-corrected chi connectivity index (χ1v) is 15.5. The van der Waals surface area contributed by atoms with Crippen LogP contribution in [-0.2, 0) is 0 Å². The largest absolute Gasteiger partial charge is 0.0805 e. The standard InChI is InChI=1S/C19H34Si2/c1-6-7-8-10-15-13-14-18-19(15)21(4,5)17-12-9-11-16(17)20(18,2)3/h9,11-12,15-16,18-19H,6-8,10,13-14H2,1-5H3. The summed E-state index contributed by atoms with van der Waals surface area (Å²) in [6, 6.07) is 0. The van der Waals surface area contributed by atoms with Gasteiger partial charge in [-0.1, -0.05) is 95.1 Å². The molecule has 3 aliphatic rings. The van der Waals surface area contributed by atoms with Crippen molar-refractivity contribution >= 4 is 16.1 Å². The predicted molar refractivity (Wildman–Crippen MR) is 100 cm³/mol. The quantitative estimate of drug-likeness (QED) is 0.407. The maximum absolute atomic E-state index is 2.71. The van der Waals surface area contributed by atoms with Gasteiger partial charge in [-0.25, -0.2) is 0 Å². The lowest BCUT2D eigenvalue weighted by Gasteiger charge is -2.54. The first kappa shape index (κ1) is 15.8. The number of hydrogen-bond acceptors (Lipinski definition) is 0. The first-order valence-electron chi connectivity index (χ1n) is 9.29. The highest BCUT2D eigenvalue weighted by Gasteiger charge is 2.60. The van der Waals surface area contributed by atoms with Crippen LogP contribution in [0.1, 0.15) is 45.4 Å². The molecule has 0 aromatic rings. The summed E-state index contributed by atoms with van der Waals surface area (Å²) in [6.07, 6.45) is 16.5. The summed E-state index contributed by atoms with van der Waals surface area (Å²) in [5, 5.41) is 1.93. The van der Waals surface area contributed by atoms with Crippen molar-refractivity contribution < 1.29 is 0 Å². The lowest BCUT2D eigenvalue weighted by molar-refractivity contribution is 0.461. The third-order valence-electron chi connectivity index (χ3n) is 7.22. The van der Waals surface area contributed by atoms with Gasteiger partial charge in [0, 0.05) is 0 Å². The van der Waals surface area contributed by atoms with Crippen LogP contribution in [0.5, 0.6) is 0 Å². The van der Waals surface area contributed by atoms with Crippen molar-refractivity contribution in [3.8, 4) is 0 Å². The molecule has 1 aliphatic heterocycles. The molecule has 0 aromatic heterocycles. The first-order chi connectivity index (χ1) is 9.90. The van der Waals surface area contributed by atoms with Crippen molar-refractivity contribution in [2.75, 3.05) is 0 Å². The molecule has 2 fully saturated rings. The Morgan fingerprint density at radius 2 is 1.86 bits per heavy atom. The van der Waals surface area contributed by atoms with E-state index in [1.165, 1.54) is 25.7 Å². The minimum atomic E-state index is -1.23. The van der Waals surface area contributed by atoms with E-state index < -0.39 is 16.1 Å². The summed E-state index contributed by atoms with van der Waals surface area (Å²) < 4.78 is 0. The summed E-state index contributed by atoms with van der Waals surface area (Å²) in [6.45, 7) is 13.2. The lowest BCUT2D eigenvalue weighted by atomic mass is 9.99. The van der Waals surface area contributed by atoms with Crippen molar-refractivity contribution in [3.63, 3.8) is 0 Å². The second kappa shape index (κ2) is 5.52. The Bertz CT molecular complexity index is 458. The third kappa shape index (κ3) is 2.37. The molecule has 4 atom stereocenters. The van der Waals surface area contributed by atoms with Crippen molar-refractivity contribution in [3.05, 3.63) is 23.4 Å². The van der Waals surface area contributed by atoms with Gasteiger partial charge in [-0.2, -0.15) is 0 Å². The molecule has 118 valence electrons. The zero-order valence-electron chi connectivity index (χ0n) is 14.8. The van der Waals surface area contributed by atoms with E-state index in [4.69, 9.17) is 0 Å². The Labute approximate surface area is 134 Å². The summed E-state index contributed by atoms with van der Waals surface area (Å²) in [5.74, 6) is 1.07. The smallest absolute Gasteiger partial charge is 0.0791 e. The SMILES string of the molecule is CCCCCC1CCC2C1[Si](C)(C)C1=CC=CC1[Si]2(C)C. The fourth-order valence-corrected chi connectivity index (χ4v) is 19.5. The molecule has 21 heavy (non-hydrogen) atoms. The average molecular weight is 319 g/mol. The predicted octanol–water partition coefficient (Wildman–Crippen LogP) is 6.55. The number of hydrogen-bond donors (Lipinski definition) is 0. The van der Waals surface area contributed by atoms with Gasteiger partial charge in [-0.05, 0) is 22.5 Å². The summed E-state index contributed by atoms with van der Waals surface area (Å²) in [4.78, 5) is 0. The molecule has 3 rings (SSSR count). The molecule has 4 unspecified atom stereocenters. The maximum atomic E-state index is 2.71. The molecule has 0 radical (unpaired) electrons. The minimum absolute atomic E-state index is 0.898. The van der Waals surface area contributed by atoms with Gasteiger partial charge in [0.1, 0.15) is 0 Å². The van der Waals surface area contributed by atoms with Crippen molar-refractivity contribution in [2.45, 2.75) is 88.3 Å². The number of fused-ring (bicyclic) bond motifs is 2. The topological polar surface area (TPSA) is 0 Å². The van der Waals surface area contributed by atoms with E-state index in [1.807, 2.05) is 5.20 Å². The molecular formula is C19H34Si2. The van der Waals surface area contributed by atoms with Crippen molar-refractivity contribution in [1.29, 1.82) is 0 Å². The zero-order chi connectivity index (χ0) is 15.3. The molecule has 0 nitrogen and oxygen atoms in total. The van der Waals surface area contributed by atoms with Crippen LogP contribution in [0.2, 0.25) is 42.8 Å². The Balaban J connectivity index is 1.88. The molecule has 0 bridgehead atoms. The van der Waals surface area contributed by atoms with Crippen molar-refractivity contribution in [2.24, 2.45) is 5.92 Å². The Morgan fingerprint density at radius 1 is 1.10 bits per heavy atom. The molecule has 2 heteroatoms. The van der Waals surface area contributed by atoms with Crippen LogP contribution in [0.15, 0.2) is 23.4 Å². The monoisotopic (exact) mass is 318 g/mol. The van der Waals surface area contributed by atoms with E-state index in [2.05, 4.69) is 51.3 Å². The molecule has 0 spiro atoms. The molecule has 1 saturated heterocycles. The van der Waals surface area contributed by atoms with Crippen LogP contribution in [0, 0.1) is 5.92 Å². The fraction of sp³-hybridized carbons (Fsp3) is 0.789. The second-order valence-electron chi connectivity index (χ2n) is 8.99. The van der Waals surface area contributed by atoms with Crippen LogP contribution in [-0.4, -0.2) is 16.1 Å². The maximum Gasteiger partial charge on any atom is 0.0791 e. The Kier molecular flexibility index (Phi) is 4.15. The van der Waals surface area contributed by atoms with Gasteiger partial charge >= 0.3 is 0 Å².